The van der Waals surface area contributed by atoms with Gasteiger partial charge < -0.3 is 15.2 Å². The maximum absolute atomic E-state index is 12.0. The SMILES string of the molecule is C/C(=C/C(=O)O)C(=O)N1C(=O)[C@@H](NC(=O)OC(C)(C)C)[C@H]1C. The quantitative estimate of drug-likeness (QED) is 0.585. The van der Waals surface area contributed by atoms with Gasteiger partial charge in [0.25, 0.3) is 11.8 Å². The number of carboxylic acid groups (broad SMARTS) is 1. The van der Waals surface area contributed by atoms with Crippen LogP contribution in [-0.2, 0) is 19.1 Å². The number of ether oxygens (including phenoxy) is 1. The third-order valence-electron chi connectivity index (χ3n) is 2.96. The summed E-state index contributed by atoms with van der Waals surface area (Å²) in [7, 11) is 0. The summed E-state index contributed by atoms with van der Waals surface area (Å²) >= 11 is 0. The van der Waals surface area contributed by atoms with Crippen molar-refractivity contribution in [3.63, 3.8) is 0 Å². The lowest BCUT2D eigenvalue weighted by Gasteiger charge is -2.43. The monoisotopic (exact) mass is 312 g/mol. The summed E-state index contributed by atoms with van der Waals surface area (Å²) in [5.74, 6) is -2.56. The van der Waals surface area contributed by atoms with Crippen molar-refractivity contribution in [2.24, 2.45) is 0 Å². The van der Waals surface area contributed by atoms with Gasteiger partial charge in [0, 0.05) is 11.6 Å². The molecule has 2 atom stereocenters. The summed E-state index contributed by atoms with van der Waals surface area (Å²) < 4.78 is 5.04. The predicted molar refractivity (Wildman–Crippen MR) is 75.9 cm³/mol. The molecule has 1 aliphatic heterocycles. The Morgan fingerprint density at radius 1 is 1.32 bits per heavy atom. The minimum absolute atomic E-state index is 0.0663. The first-order chi connectivity index (χ1) is 9.94. The number of carbonyl (C=O) groups excluding carboxylic acids is 3. The molecule has 3 amide bonds. The summed E-state index contributed by atoms with van der Waals surface area (Å²) in [6.45, 7) is 7.96. The first-order valence-electron chi connectivity index (χ1n) is 6.72. The highest BCUT2D eigenvalue weighted by Crippen LogP contribution is 2.22. The molecule has 1 aliphatic rings. The van der Waals surface area contributed by atoms with Crippen LogP contribution in [-0.4, -0.2) is 51.6 Å². The van der Waals surface area contributed by atoms with Gasteiger partial charge in [-0.3, -0.25) is 14.5 Å². The van der Waals surface area contributed by atoms with Gasteiger partial charge in [0.15, 0.2) is 0 Å². The number of imide groups is 1. The van der Waals surface area contributed by atoms with Crippen LogP contribution in [0.5, 0.6) is 0 Å². The first-order valence-corrected chi connectivity index (χ1v) is 6.72. The van der Waals surface area contributed by atoms with Crippen molar-refractivity contribution in [3.8, 4) is 0 Å². The Bertz CT molecular complexity index is 546. The number of carboxylic acids is 1. The molecule has 1 saturated heterocycles. The largest absolute Gasteiger partial charge is 0.478 e. The molecule has 22 heavy (non-hydrogen) atoms. The second-order valence-electron chi connectivity index (χ2n) is 6.04. The second-order valence-corrected chi connectivity index (χ2v) is 6.04. The molecule has 0 aromatic heterocycles. The fourth-order valence-electron chi connectivity index (χ4n) is 1.96. The summed E-state index contributed by atoms with van der Waals surface area (Å²) in [5.41, 5.74) is -0.764. The van der Waals surface area contributed by atoms with Gasteiger partial charge in [-0.05, 0) is 34.6 Å². The molecule has 0 aliphatic carbocycles. The van der Waals surface area contributed by atoms with Crippen molar-refractivity contribution < 1.29 is 29.0 Å². The Hall–Kier alpha value is -2.38. The van der Waals surface area contributed by atoms with E-state index in [-0.39, 0.29) is 5.57 Å². The number of aliphatic carboxylic acids is 1. The highest BCUT2D eigenvalue weighted by molar-refractivity contribution is 6.11. The second kappa shape index (κ2) is 6.17. The molecule has 0 spiro atoms. The van der Waals surface area contributed by atoms with Crippen molar-refractivity contribution in [1.29, 1.82) is 0 Å². The van der Waals surface area contributed by atoms with Crippen LogP contribution >= 0.6 is 0 Å². The van der Waals surface area contributed by atoms with Crippen molar-refractivity contribution in [2.75, 3.05) is 0 Å². The maximum Gasteiger partial charge on any atom is 0.408 e. The minimum atomic E-state index is -1.27. The van der Waals surface area contributed by atoms with Gasteiger partial charge in [-0.15, -0.1) is 0 Å². The average molecular weight is 312 g/mol. The summed E-state index contributed by atoms with van der Waals surface area (Å²) in [5, 5.41) is 11.0. The van der Waals surface area contributed by atoms with E-state index in [2.05, 4.69) is 5.32 Å². The number of β-lactam (4-membered cyclic amide) rings is 1. The standard InChI is InChI=1S/C14H20N2O6/c1-7(6-9(17)18)11(19)16-8(2)10(12(16)20)15-13(21)22-14(3,4)5/h6,8,10H,1-5H3,(H,15,21)(H,17,18)/b7-6-/t8-,10+/m1/s1. The number of rotatable bonds is 3. The third-order valence-corrected chi connectivity index (χ3v) is 2.96. The Labute approximate surface area is 128 Å². The third kappa shape index (κ3) is 4.06. The number of likely N-dealkylation sites (tertiary alicyclic amines) is 1. The lowest BCUT2D eigenvalue weighted by Crippen LogP contribution is -2.71. The van der Waals surface area contributed by atoms with Crippen LogP contribution in [0.1, 0.15) is 34.6 Å². The van der Waals surface area contributed by atoms with Gasteiger partial charge in [0.05, 0.1) is 6.04 Å². The number of nitrogens with zero attached hydrogens (tertiary/aromatic N) is 1. The molecular formula is C14H20N2O6. The topological polar surface area (TPSA) is 113 Å². The van der Waals surface area contributed by atoms with Crippen molar-refractivity contribution >= 4 is 23.9 Å². The molecular weight excluding hydrogens is 292 g/mol. The fraction of sp³-hybridized carbons (Fsp3) is 0.571. The first kappa shape index (κ1) is 17.7. The van der Waals surface area contributed by atoms with Crippen LogP contribution in [0.15, 0.2) is 11.6 Å². The van der Waals surface area contributed by atoms with Crippen LogP contribution in [0.3, 0.4) is 0 Å². The van der Waals surface area contributed by atoms with E-state index < -0.39 is 41.6 Å². The Morgan fingerprint density at radius 2 is 1.86 bits per heavy atom. The zero-order valence-electron chi connectivity index (χ0n) is 13.2. The maximum atomic E-state index is 12.0. The van der Waals surface area contributed by atoms with Crippen LogP contribution in [0.2, 0.25) is 0 Å². The van der Waals surface area contributed by atoms with E-state index in [9.17, 15) is 19.2 Å². The number of carbonyl (C=O) groups is 4. The molecule has 122 valence electrons. The summed E-state index contributed by atoms with van der Waals surface area (Å²) in [4.78, 5) is 47.0. The van der Waals surface area contributed by atoms with Crippen molar-refractivity contribution in [2.45, 2.75) is 52.3 Å². The molecule has 0 radical (unpaired) electrons. The predicted octanol–water partition coefficient (Wildman–Crippen LogP) is 0.668. The Balaban J connectivity index is 2.70. The highest BCUT2D eigenvalue weighted by atomic mass is 16.6. The molecule has 0 bridgehead atoms. The zero-order valence-corrected chi connectivity index (χ0v) is 13.2. The minimum Gasteiger partial charge on any atom is -0.478 e. The lowest BCUT2D eigenvalue weighted by atomic mass is 9.95. The molecule has 8 heteroatoms. The number of nitrogens with one attached hydrogen (secondary N) is 1. The molecule has 1 heterocycles. The molecule has 8 nitrogen and oxygen atoms in total. The summed E-state index contributed by atoms with van der Waals surface area (Å²) in [6, 6.07) is -1.44. The molecule has 1 fully saturated rings. The van der Waals surface area contributed by atoms with E-state index in [1.165, 1.54) is 6.92 Å². The van der Waals surface area contributed by atoms with Crippen molar-refractivity contribution in [1.82, 2.24) is 10.2 Å². The van der Waals surface area contributed by atoms with Crippen LogP contribution in [0.4, 0.5) is 4.79 Å². The van der Waals surface area contributed by atoms with Gasteiger partial charge in [-0.1, -0.05) is 0 Å². The molecule has 0 saturated carbocycles. The molecule has 2 N–H and O–H groups in total. The van der Waals surface area contributed by atoms with E-state index in [1.54, 1.807) is 27.7 Å². The van der Waals surface area contributed by atoms with Gasteiger partial charge in [-0.2, -0.15) is 0 Å². The molecule has 0 aromatic rings. The Kier molecular flexibility index (Phi) is 4.95. The van der Waals surface area contributed by atoms with Gasteiger partial charge >= 0.3 is 12.1 Å². The average Bonchev–Trinajstić information content (AvgIpc) is 2.33. The summed E-state index contributed by atoms with van der Waals surface area (Å²) in [6.07, 6.45) is -0.0145. The van der Waals surface area contributed by atoms with E-state index in [1.807, 2.05) is 0 Å². The fourth-order valence-corrected chi connectivity index (χ4v) is 1.96. The van der Waals surface area contributed by atoms with E-state index >= 15 is 0 Å². The smallest absolute Gasteiger partial charge is 0.408 e. The zero-order chi connectivity index (χ0) is 17.2. The van der Waals surface area contributed by atoms with Crippen LogP contribution in [0.25, 0.3) is 0 Å². The van der Waals surface area contributed by atoms with Gasteiger partial charge in [0.2, 0.25) is 0 Å². The van der Waals surface area contributed by atoms with Crippen LogP contribution < -0.4 is 5.32 Å². The Morgan fingerprint density at radius 3 is 2.27 bits per heavy atom. The highest BCUT2D eigenvalue weighted by Gasteiger charge is 2.49. The number of hydrogen-bond donors (Lipinski definition) is 2. The number of amides is 3. The van der Waals surface area contributed by atoms with Crippen LogP contribution in [0, 0.1) is 0 Å². The molecule has 1 rings (SSSR count). The lowest BCUT2D eigenvalue weighted by molar-refractivity contribution is -0.159. The number of alkyl carbamates (subject to hydrolysis) is 1. The number of hydrogen-bond acceptors (Lipinski definition) is 5. The van der Waals surface area contributed by atoms with Gasteiger partial charge in [-0.25, -0.2) is 9.59 Å². The van der Waals surface area contributed by atoms with Gasteiger partial charge in [0.1, 0.15) is 11.6 Å². The molecule has 0 aromatic carbocycles. The van der Waals surface area contributed by atoms with Crippen molar-refractivity contribution in [3.05, 3.63) is 11.6 Å². The molecule has 0 unspecified atom stereocenters. The van der Waals surface area contributed by atoms with E-state index in [4.69, 9.17) is 9.84 Å². The van der Waals surface area contributed by atoms with E-state index in [0.29, 0.717) is 0 Å². The van der Waals surface area contributed by atoms with E-state index in [0.717, 1.165) is 11.0 Å². The normalized spacial score (nSPS) is 22.0.